The van der Waals surface area contributed by atoms with E-state index in [2.05, 4.69) is 26.0 Å². The normalized spacial score (nSPS) is 9.15. The van der Waals surface area contributed by atoms with Gasteiger partial charge in [-0.25, -0.2) is 0 Å². The standard InChI is InChI=1S/C6H8S.C4H3ClS/c1-5-3-4-6(2)7-5;5-4-2-1-3-6-4/h3-4H,1-2H3;1-3H. The molecule has 0 aliphatic heterocycles. The van der Waals surface area contributed by atoms with Crippen molar-refractivity contribution < 1.29 is 0 Å². The lowest BCUT2D eigenvalue weighted by atomic mass is 10.5. The van der Waals surface area contributed by atoms with Crippen molar-refractivity contribution in [3.8, 4) is 0 Å². The summed E-state index contributed by atoms with van der Waals surface area (Å²) >= 11 is 8.86. The third-order valence-electron chi connectivity index (χ3n) is 1.36. The molecule has 0 N–H and O–H groups in total. The first-order valence-electron chi connectivity index (χ1n) is 3.90. The highest BCUT2D eigenvalue weighted by molar-refractivity contribution is 7.14. The number of hydrogen-bond acceptors (Lipinski definition) is 2. The first-order valence-corrected chi connectivity index (χ1v) is 5.98. The molecule has 3 heteroatoms. The second-order valence-corrected chi connectivity index (χ2v) is 5.64. The summed E-state index contributed by atoms with van der Waals surface area (Å²) in [6, 6.07) is 8.07. The zero-order chi connectivity index (χ0) is 9.68. The number of halogens is 1. The summed E-state index contributed by atoms with van der Waals surface area (Å²) in [7, 11) is 0. The van der Waals surface area contributed by atoms with Gasteiger partial charge in [-0.3, -0.25) is 0 Å². The molecule has 0 bridgehead atoms. The molecule has 0 unspecified atom stereocenters. The zero-order valence-corrected chi connectivity index (χ0v) is 9.97. The molecule has 70 valence electrons. The molecule has 0 fully saturated rings. The molecule has 0 aromatic carbocycles. The molecular weight excluding hydrogens is 220 g/mol. The van der Waals surface area contributed by atoms with Crippen LogP contribution in [0.25, 0.3) is 0 Å². The van der Waals surface area contributed by atoms with E-state index < -0.39 is 0 Å². The van der Waals surface area contributed by atoms with E-state index in [4.69, 9.17) is 11.6 Å². The van der Waals surface area contributed by atoms with Crippen LogP contribution in [0, 0.1) is 13.8 Å². The maximum absolute atomic E-state index is 5.47. The summed E-state index contributed by atoms with van der Waals surface area (Å²) in [5, 5.41) is 1.95. The molecule has 0 saturated carbocycles. The van der Waals surface area contributed by atoms with Crippen LogP contribution in [0.2, 0.25) is 4.34 Å². The van der Waals surface area contributed by atoms with Crippen LogP contribution in [0.15, 0.2) is 29.6 Å². The predicted molar refractivity (Wildman–Crippen MR) is 63.1 cm³/mol. The van der Waals surface area contributed by atoms with E-state index in [9.17, 15) is 0 Å². The average molecular weight is 231 g/mol. The lowest BCUT2D eigenvalue weighted by Gasteiger charge is -1.71. The van der Waals surface area contributed by atoms with Gasteiger partial charge in [-0.15, -0.1) is 22.7 Å². The van der Waals surface area contributed by atoms with Gasteiger partial charge in [0.1, 0.15) is 0 Å². The third kappa shape index (κ3) is 4.46. The van der Waals surface area contributed by atoms with Crippen LogP contribution in [-0.2, 0) is 0 Å². The molecule has 2 aromatic rings. The van der Waals surface area contributed by atoms with E-state index in [0.29, 0.717) is 0 Å². The highest BCUT2D eigenvalue weighted by Crippen LogP contribution is 2.13. The molecule has 0 nitrogen and oxygen atoms in total. The Labute approximate surface area is 91.8 Å². The molecule has 0 aliphatic carbocycles. The lowest BCUT2D eigenvalue weighted by Crippen LogP contribution is -1.44. The number of rotatable bonds is 0. The average Bonchev–Trinajstić information content (AvgIpc) is 2.64. The van der Waals surface area contributed by atoms with Crippen molar-refractivity contribution in [2.75, 3.05) is 0 Å². The second kappa shape index (κ2) is 5.43. The summed E-state index contributed by atoms with van der Waals surface area (Å²) in [6.45, 7) is 4.25. The van der Waals surface area contributed by atoms with E-state index in [1.165, 1.54) is 9.75 Å². The van der Waals surface area contributed by atoms with Gasteiger partial charge in [0.25, 0.3) is 0 Å². The van der Waals surface area contributed by atoms with Crippen molar-refractivity contribution in [2.45, 2.75) is 13.8 Å². The van der Waals surface area contributed by atoms with E-state index in [-0.39, 0.29) is 0 Å². The zero-order valence-electron chi connectivity index (χ0n) is 7.58. The lowest BCUT2D eigenvalue weighted by molar-refractivity contribution is 1.61. The molecule has 0 aliphatic rings. The van der Waals surface area contributed by atoms with Gasteiger partial charge in [-0.2, -0.15) is 0 Å². The number of hydrogen-bond donors (Lipinski definition) is 0. The van der Waals surface area contributed by atoms with Crippen LogP contribution in [0.1, 0.15) is 9.75 Å². The van der Waals surface area contributed by atoms with Crippen molar-refractivity contribution >= 4 is 34.3 Å². The molecular formula is C10H11ClS2. The predicted octanol–water partition coefficient (Wildman–Crippen LogP) is 4.77. The smallest absolute Gasteiger partial charge is 0.0928 e. The van der Waals surface area contributed by atoms with Crippen molar-refractivity contribution in [2.24, 2.45) is 0 Å². The van der Waals surface area contributed by atoms with E-state index in [1.807, 2.05) is 28.8 Å². The molecule has 0 atom stereocenters. The van der Waals surface area contributed by atoms with Crippen LogP contribution in [0.5, 0.6) is 0 Å². The van der Waals surface area contributed by atoms with Crippen molar-refractivity contribution in [3.05, 3.63) is 43.7 Å². The minimum absolute atomic E-state index is 0.856. The highest BCUT2D eigenvalue weighted by atomic mass is 35.5. The number of thiophene rings is 2. The SMILES string of the molecule is Cc1ccc(C)s1.Clc1cccs1. The molecule has 2 aromatic heterocycles. The Morgan fingerprint density at radius 1 is 1.08 bits per heavy atom. The Kier molecular flexibility index (Phi) is 4.50. The Morgan fingerprint density at radius 2 is 1.69 bits per heavy atom. The van der Waals surface area contributed by atoms with Crippen molar-refractivity contribution in [1.29, 1.82) is 0 Å². The summed E-state index contributed by atoms with van der Waals surface area (Å²) in [4.78, 5) is 2.80. The van der Waals surface area contributed by atoms with Crippen molar-refractivity contribution in [3.63, 3.8) is 0 Å². The Balaban J connectivity index is 0.000000132. The summed E-state index contributed by atoms with van der Waals surface area (Å²) in [5.41, 5.74) is 0. The quantitative estimate of drug-likeness (QED) is 0.612. The van der Waals surface area contributed by atoms with Gasteiger partial charge in [0.15, 0.2) is 0 Å². The fourth-order valence-corrected chi connectivity index (χ4v) is 2.27. The van der Waals surface area contributed by atoms with Crippen molar-refractivity contribution in [1.82, 2.24) is 0 Å². The van der Waals surface area contributed by atoms with Gasteiger partial charge >= 0.3 is 0 Å². The van der Waals surface area contributed by atoms with Gasteiger partial charge in [0.2, 0.25) is 0 Å². The minimum Gasteiger partial charge on any atom is -0.146 e. The Bertz CT molecular complexity index is 319. The first-order chi connectivity index (χ1) is 6.18. The summed E-state index contributed by atoms with van der Waals surface area (Å²) in [5.74, 6) is 0. The molecule has 2 heterocycles. The second-order valence-electron chi connectivity index (χ2n) is 2.57. The van der Waals surface area contributed by atoms with Crippen LogP contribution < -0.4 is 0 Å². The molecule has 0 saturated heterocycles. The largest absolute Gasteiger partial charge is 0.146 e. The fraction of sp³-hybridized carbons (Fsp3) is 0.200. The van der Waals surface area contributed by atoms with Gasteiger partial charge in [-0.05, 0) is 43.5 Å². The van der Waals surface area contributed by atoms with Gasteiger partial charge < -0.3 is 0 Å². The third-order valence-corrected chi connectivity index (χ3v) is 3.33. The fourth-order valence-electron chi connectivity index (χ4n) is 0.815. The first kappa shape index (κ1) is 10.8. The highest BCUT2D eigenvalue weighted by Gasteiger charge is 1.84. The summed E-state index contributed by atoms with van der Waals surface area (Å²) < 4.78 is 0.856. The molecule has 0 radical (unpaired) electrons. The number of aryl methyl sites for hydroxylation is 2. The topological polar surface area (TPSA) is 0 Å². The Hall–Kier alpha value is -0.310. The molecule has 13 heavy (non-hydrogen) atoms. The maximum atomic E-state index is 5.47. The van der Waals surface area contributed by atoms with E-state index >= 15 is 0 Å². The molecule has 2 rings (SSSR count). The van der Waals surface area contributed by atoms with Gasteiger partial charge in [0, 0.05) is 9.75 Å². The minimum atomic E-state index is 0.856. The van der Waals surface area contributed by atoms with Crippen LogP contribution in [-0.4, -0.2) is 0 Å². The van der Waals surface area contributed by atoms with Gasteiger partial charge in [-0.1, -0.05) is 11.6 Å². The van der Waals surface area contributed by atoms with Crippen LogP contribution in [0.3, 0.4) is 0 Å². The van der Waals surface area contributed by atoms with Crippen LogP contribution >= 0.6 is 34.3 Å². The molecule has 0 amide bonds. The maximum Gasteiger partial charge on any atom is 0.0928 e. The van der Waals surface area contributed by atoms with E-state index in [0.717, 1.165) is 4.34 Å². The van der Waals surface area contributed by atoms with E-state index in [1.54, 1.807) is 11.3 Å². The monoisotopic (exact) mass is 230 g/mol. The Morgan fingerprint density at radius 3 is 1.85 bits per heavy atom. The summed E-state index contributed by atoms with van der Waals surface area (Å²) in [6.07, 6.45) is 0. The van der Waals surface area contributed by atoms with Crippen LogP contribution in [0.4, 0.5) is 0 Å². The van der Waals surface area contributed by atoms with Gasteiger partial charge in [0.05, 0.1) is 4.34 Å². The molecule has 0 spiro atoms.